The minimum Gasteiger partial charge on any atom is -0.505 e. The largest absolute Gasteiger partial charge is 0.505 e. The van der Waals surface area contributed by atoms with Crippen LogP contribution in [0.25, 0.3) is 10.6 Å². The van der Waals surface area contributed by atoms with E-state index in [-0.39, 0.29) is 17.7 Å². The van der Waals surface area contributed by atoms with Gasteiger partial charge in [0.05, 0.1) is 30.5 Å². The summed E-state index contributed by atoms with van der Waals surface area (Å²) < 4.78 is 42.6. The molecule has 0 unspecified atom stereocenters. The van der Waals surface area contributed by atoms with E-state index in [1.54, 1.807) is 5.38 Å². The molecule has 6 nitrogen and oxygen atoms in total. The van der Waals surface area contributed by atoms with Gasteiger partial charge in [-0.2, -0.15) is 13.2 Å². The van der Waals surface area contributed by atoms with Gasteiger partial charge < -0.3 is 15.2 Å². The van der Waals surface area contributed by atoms with Crippen LogP contribution < -0.4 is 5.32 Å². The van der Waals surface area contributed by atoms with Crippen LogP contribution in [-0.4, -0.2) is 29.1 Å². The molecule has 0 bridgehead atoms. The number of carbonyl (C=O) groups excluding carboxylic acids is 2. The highest BCUT2D eigenvalue weighted by Gasteiger charge is 2.30. The van der Waals surface area contributed by atoms with E-state index >= 15 is 0 Å². The molecule has 0 spiro atoms. The molecule has 0 aliphatic heterocycles. The Balaban J connectivity index is 1.69. The van der Waals surface area contributed by atoms with Gasteiger partial charge in [0.1, 0.15) is 10.6 Å². The summed E-state index contributed by atoms with van der Waals surface area (Å²) in [5, 5.41) is 14.7. The standard InChI is InChI=1S/C20H15F3N2O4S/c1-29-19(28)14-3-2-4-15(17(14)27)25-16(26)9-13-10-30-18(24-13)11-5-7-12(8-6-11)20(21,22)23/h2-8,10,27H,9H2,1H3,(H,25,26). The molecule has 2 N–H and O–H groups in total. The summed E-state index contributed by atoms with van der Waals surface area (Å²) in [6.07, 6.45) is -4.54. The van der Waals surface area contributed by atoms with E-state index in [0.717, 1.165) is 12.1 Å². The van der Waals surface area contributed by atoms with Crippen molar-refractivity contribution in [3.8, 4) is 16.3 Å². The summed E-state index contributed by atoms with van der Waals surface area (Å²) in [5.74, 6) is -1.65. The number of amides is 1. The second kappa shape index (κ2) is 8.54. The van der Waals surface area contributed by atoms with Gasteiger partial charge in [-0.15, -0.1) is 11.3 Å². The molecule has 0 atom stereocenters. The summed E-state index contributed by atoms with van der Waals surface area (Å²) in [5.41, 5.74) is 0.116. The molecule has 1 aromatic heterocycles. The van der Waals surface area contributed by atoms with Crippen LogP contribution >= 0.6 is 11.3 Å². The smallest absolute Gasteiger partial charge is 0.416 e. The maximum atomic E-state index is 12.7. The Kier molecular flexibility index (Phi) is 6.06. The maximum absolute atomic E-state index is 12.7. The third kappa shape index (κ3) is 4.77. The third-order valence-electron chi connectivity index (χ3n) is 4.07. The summed E-state index contributed by atoms with van der Waals surface area (Å²) in [4.78, 5) is 28.2. The van der Waals surface area contributed by atoms with Crippen LogP contribution in [0.4, 0.5) is 18.9 Å². The summed E-state index contributed by atoms with van der Waals surface area (Å²) in [6, 6.07) is 8.85. The first kappa shape index (κ1) is 21.3. The minimum absolute atomic E-state index is 0.0427. The van der Waals surface area contributed by atoms with Gasteiger partial charge in [0.25, 0.3) is 0 Å². The van der Waals surface area contributed by atoms with Crippen LogP contribution in [0.5, 0.6) is 5.75 Å². The number of methoxy groups -OCH3 is 1. The molecular formula is C20H15F3N2O4S. The quantitative estimate of drug-likeness (QED) is 0.454. The van der Waals surface area contributed by atoms with E-state index in [2.05, 4.69) is 15.0 Å². The number of rotatable bonds is 5. The third-order valence-corrected chi connectivity index (χ3v) is 5.01. The highest BCUT2D eigenvalue weighted by molar-refractivity contribution is 7.13. The molecule has 156 valence electrons. The van der Waals surface area contributed by atoms with Crippen LogP contribution in [0.15, 0.2) is 47.8 Å². The van der Waals surface area contributed by atoms with E-state index < -0.39 is 29.4 Å². The van der Waals surface area contributed by atoms with Crippen LogP contribution in [0.3, 0.4) is 0 Å². The number of thiazole rings is 1. The second-order valence-electron chi connectivity index (χ2n) is 6.14. The summed E-state index contributed by atoms with van der Waals surface area (Å²) >= 11 is 1.19. The van der Waals surface area contributed by atoms with Crippen molar-refractivity contribution in [2.45, 2.75) is 12.6 Å². The van der Waals surface area contributed by atoms with Crippen molar-refractivity contribution in [3.63, 3.8) is 0 Å². The number of para-hydroxylation sites is 1. The Morgan fingerprint density at radius 1 is 1.17 bits per heavy atom. The number of aromatic hydroxyl groups is 1. The van der Waals surface area contributed by atoms with Crippen LogP contribution in [0.1, 0.15) is 21.6 Å². The number of carbonyl (C=O) groups is 2. The molecule has 2 aromatic carbocycles. The Morgan fingerprint density at radius 2 is 1.87 bits per heavy atom. The number of hydrogen-bond acceptors (Lipinski definition) is 6. The zero-order valence-corrected chi connectivity index (χ0v) is 16.3. The molecule has 10 heteroatoms. The Hall–Kier alpha value is -3.40. The average molecular weight is 436 g/mol. The van der Waals surface area contributed by atoms with E-state index in [1.165, 1.54) is 48.8 Å². The average Bonchev–Trinajstić information content (AvgIpc) is 3.16. The van der Waals surface area contributed by atoms with E-state index in [0.29, 0.717) is 16.3 Å². The molecule has 0 aliphatic rings. The molecule has 1 amide bonds. The molecule has 1 heterocycles. The van der Waals surface area contributed by atoms with Crippen molar-refractivity contribution >= 4 is 28.9 Å². The highest BCUT2D eigenvalue weighted by atomic mass is 32.1. The first-order valence-electron chi connectivity index (χ1n) is 8.51. The fourth-order valence-corrected chi connectivity index (χ4v) is 3.43. The molecular weight excluding hydrogens is 421 g/mol. The van der Waals surface area contributed by atoms with Gasteiger partial charge in [-0.05, 0) is 24.3 Å². The molecule has 30 heavy (non-hydrogen) atoms. The predicted molar refractivity (Wildman–Crippen MR) is 104 cm³/mol. The maximum Gasteiger partial charge on any atom is 0.416 e. The first-order valence-corrected chi connectivity index (χ1v) is 9.39. The zero-order chi connectivity index (χ0) is 21.9. The molecule has 0 fully saturated rings. The number of phenolic OH excluding ortho intramolecular Hbond substituents is 1. The van der Waals surface area contributed by atoms with Crippen molar-refractivity contribution < 1.29 is 32.6 Å². The number of ether oxygens (including phenoxy) is 1. The molecule has 0 aliphatic carbocycles. The van der Waals surface area contributed by atoms with Crippen molar-refractivity contribution in [1.29, 1.82) is 0 Å². The molecule has 3 rings (SSSR count). The van der Waals surface area contributed by atoms with E-state index in [1.807, 2.05) is 0 Å². The monoisotopic (exact) mass is 436 g/mol. The molecule has 0 radical (unpaired) electrons. The SMILES string of the molecule is COC(=O)c1cccc(NC(=O)Cc2csc(-c3ccc(C(F)(F)F)cc3)n2)c1O. The Bertz CT molecular complexity index is 1080. The van der Waals surface area contributed by atoms with Gasteiger partial charge in [-0.3, -0.25) is 4.79 Å². The molecule has 0 saturated heterocycles. The topological polar surface area (TPSA) is 88.5 Å². The predicted octanol–water partition coefficient (Wildman–Crippen LogP) is 4.50. The van der Waals surface area contributed by atoms with Crippen molar-refractivity contribution in [2.75, 3.05) is 12.4 Å². The Morgan fingerprint density at radius 3 is 2.50 bits per heavy atom. The number of aromatic nitrogens is 1. The number of benzene rings is 2. The normalized spacial score (nSPS) is 11.2. The van der Waals surface area contributed by atoms with Crippen LogP contribution in [-0.2, 0) is 22.1 Å². The fourth-order valence-electron chi connectivity index (χ4n) is 2.60. The molecule has 0 saturated carbocycles. The first-order chi connectivity index (χ1) is 14.2. The summed E-state index contributed by atoms with van der Waals surface area (Å²) in [7, 11) is 1.17. The lowest BCUT2D eigenvalue weighted by atomic mass is 10.1. The van der Waals surface area contributed by atoms with Gasteiger partial charge in [0, 0.05) is 10.9 Å². The number of alkyl halides is 3. The number of halogens is 3. The second-order valence-corrected chi connectivity index (χ2v) is 7.00. The lowest BCUT2D eigenvalue weighted by molar-refractivity contribution is -0.137. The summed E-state index contributed by atoms with van der Waals surface area (Å²) in [6.45, 7) is 0. The van der Waals surface area contributed by atoms with Crippen LogP contribution in [0.2, 0.25) is 0 Å². The number of nitrogens with zero attached hydrogens (tertiary/aromatic N) is 1. The number of anilines is 1. The van der Waals surface area contributed by atoms with Crippen molar-refractivity contribution in [2.24, 2.45) is 0 Å². The van der Waals surface area contributed by atoms with Gasteiger partial charge in [0.15, 0.2) is 5.75 Å². The van der Waals surface area contributed by atoms with Gasteiger partial charge in [0.2, 0.25) is 5.91 Å². The minimum atomic E-state index is -4.42. The van der Waals surface area contributed by atoms with Gasteiger partial charge in [-0.1, -0.05) is 18.2 Å². The van der Waals surface area contributed by atoms with Gasteiger partial charge >= 0.3 is 12.1 Å². The van der Waals surface area contributed by atoms with E-state index in [9.17, 15) is 27.9 Å². The van der Waals surface area contributed by atoms with Crippen LogP contribution in [0, 0.1) is 0 Å². The lowest BCUT2D eigenvalue weighted by Gasteiger charge is -2.09. The zero-order valence-electron chi connectivity index (χ0n) is 15.5. The van der Waals surface area contributed by atoms with E-state index in [4.69, 9.17) is 0 Å². The Labute approximate surface area is 173 Å². The highest BCUT2D eigenvalue weighted by Crippen LogP contribution is 2.32. The number of esters is 1. The van der Waals surface area contributed by atoms with Gasteiger partial charge in [-0.25, -0.2) is 9.78 Å². The number of phenols is 1. The number of hydrogen-bond donors (Lipinski definition) is 2. The lowest BCUT2D eigenvalue weighted by Crippen LogP contribution is -2.15. The van der Waals surface area contributed by atoms with Crippen molar-refractivity contribution in [1.82, 2.24) is 4.98 Å². The fraction of sp³-hybridized carbons (Fsp3) is 0.150. The van der Waals surface area contributed by atoms with Crippen molar-refractivity contribution in [3.05, 3.63) is 64.7 Å². The molecule has 3 aromatic rings. The number of nitrogens with one attached hydrogen (secondary N) is 1.